The Morgan fingerprint density at radius 2 is 1.07 bits per heavy atom. The van der Waals surface area contributed by atoms with Gasteiger partial charge in [-0.05, 0) is 79.1 Å². The van der Waals surface area contributed by atoms with E-state index < -0.39 is 6.37 Å². The van der Waals surface area contributed by atoms with Crippen molar-refractivity contribution in [1.82, 2.24) is 27.9 Å². The predicted molar refractivity (Wildman–Crippen MR) is 171 cm³/mol. The van der Waals surface area contributed by atoms with Crippen LogP contribution in [0.25, 0.3) is 67.1 Å². The van der Waals surface area contributed by atoms with Crippen LogP contribution in [0.1, 0.15) is 27.2 Å². The van der Waals surface area contributed by atoms with Gasteiger partial charge in [0.1, 0.15) is 0 Å². The summed E-state index contributed by atoms with van der Waals surface area (Å²) in [5.74, 6) is 1.67. The van der Waals surface area contributed by atoms with E-state index in [9.17, 15) is 0 Å². The summed E-state index contributed by atoms with van der Waals surface area (Å²) in [6.45, 7) is 3.73. The van der Waals surface area contributed by atoms with Crippen LogP contribution in [0.2, 0.25) is 0 Å². The van der Waals surface area contributed by atoms with Gasteiger partial charge in [0.2, 0.25) is 11.6 Å². The summed E-state index contributed by atoms with van der Waals surface area (Å²) < 4.78 is 25.3. The third-order valence-corrected chi connectivity index (χ3v) is 8.46. The van der Waals surface area contributed by atoms with E-state index in [1.165, 1.54) is 0 Å². The minimum Gasteiger partial charge on any atom is -0.278 e. The van der Waals surface area contributed by atoms with E-state index in [1.807, 2.05) is 12.1 Å². The molecular weight excluding hydrogens is 516 g/mol. The molecule has 202 valence electrons. The molecule has 0 aliphatic carbocycles. The Hall–Kier alpha value is -5.36. The Labute approximate surface area is 244 Å². The highest BCUT2D eigenvalue weighted by Crippen LogP contribution is 2.34. The molecule has 0 spiro atoms. The highest BCUT2D eigenvalue weighted by molar-refractivity contribution is 5.95. The molecule has 42 heavy (non-hydrogen) atoms. The van der Waals surface area contributed by atoms with Gasteiger partial charge in [-0.1, -0.05) is 67.9 Å². The fourth-order valence-electron chi connectivity index (χ4n) is 6.66. The summed E-state index contributed by atoms with van der Waals surface area (Å²) in [6, 6.07) is 37.8. The Bertz CT molecular complexity index is 2590. The van der Waals surface area contributed by atoms with E-state index in [0.29, 0.717) is 6.42 Å². The van der Waals surface area contributed by atoms with Gasteiger partial charge in [0.25, 0.3) is 0 Å². The number of hydrogen-bond donors (Lipinski definition) is 0. The summed E-state index contributed by atoms with van der Waals surface area (Å²) in [7, 11) is 0. The van der Waals surface area contributed by atoms with Crippen molar-refractivity contribution in [3.63, 3.8) is 0 Å². The Kier molecular flexibility index (Phi) is 4.37. The number of hydrogen-bond acceptors (Lipinski definition) is 2. The van der Waals surface area contributed by atoms with Gasteiger partial charge in [-0.25, -0.2) is 9.97 Å². The van der Waals surface area contributed by atoms with Crippen LogP contribution in [-0.2, 0) is 6.42 Å². The number of para-hydroxylation sites is 6. The molecule has 6 nitrogen and oxygen atoms in total. The van der Waals surface area contributed by atoms with Crippen molar-refractivity contribution in [1.29, 1.82) is 0 Å². The molecule has 4 heterocycles. The van der Waals surface area contributed by atoms with E-state index in [4.69, 9.17) is 12.7 Å². The Balaban J connectivity index is 1.33. The van der Waals surface area contributed by atoms with Gasteiger partial charge in [0.15, 0.2) is 0 Å². The van der Waals surface area contributed by atoms with Crippen LogP contribution in [0.3, 0.4) is 0 Å². The van der Waals surface area contributed by atoms with E-state index >= 15 is 0 Å². The molecule has 5 aromatic carbocycles. The number of aryl methyl sites for hydroxylation is 2. The first kappa shape index (κ1) is 21.4. The molecule has 0 aliphatic heterocycles. The molecule has 0 amide bonds. The summed E-state index contributed by atoms with van der Waals surface area (Å²) >= 11 is 0. The molecule has 9 aromatic rings. The SMILES string of the molecule is [2H]C([2H])(C)Cc1cccc2c1nc1n(-c3cccc(-n4c5ccccc5n5c6cccc(C)c6nc45)c3)c3ccccc3n21. The number of rotatable bonds is 4. The molecular formula is C36H28N6. The third kappa shape index (κ3) is 3.04. The van der Waals surface area contributed by atoms with Gasteiger partial charge in [0.05, 0.1) is 55.5 Å². The molecule has 0 fully saturated rings. The predicted octanol–water partition coefficient (Wildman–Crippen LogP) is 8.44. The second-order valence-corrected chi connectivity index (χ2v) is 10.9. The largest absolute Gasteiger partial charge is 0.278 e. The molecule has 0 bridgehead atoms. The molecule has 0 N–H and O–H groups in total. The number of nitrogens with zero attached hydrogens (tertiary/aromatic N) is 6. The zero-order chi connectivity index (χ0) is 29.7. The second kappa shape index (κ2) is 8.57. The van der Waals surface area contributed by atoms with Crippen LogP contribution in [-0.4, -0.2) is 27.9 Å². The lowest BCUT2D eigenvalue weighted by molar-refractivity contribution is 0.927. The molecule has 0 saturated heterocycles. The van der Waals surface area contributed by atoms with Crippen molar-refractivity contribution >= 4 is 55.7 Å². The molecule has 0 radical (unpaired) electrons. The smallest absolute Gasteiger partial charge is 0.220 e. The lowest BCUT2D eigenvalue weighted by Crippen LogP contribution is -1.99. The standard InChI is InChI=1S/C36H28N6/c1-3-11-24-13-9-21-32-34(24)38-36-40(28-17-5-7-19-30(28)42(32)36)26-15-10-14-25(22-26)39-27-16-4-6-18-29(27)41-31-20-8-12-23(2)33(31)37-35(39)41/h4-10,12-22H,3,11H2,1-2H3/i3D2. The molecule has 9 rings (SSSR count). The number of benzene rings is 5. The highest BCUT2D eigenvalue weighted by atomic mass is 15.2. The first-order valence-corrected chi connectivity index (χ1v) is 14.2. The van der Waals surface area contributed by atoms with Crippen molar-refractivity contribution in [2.75, 3.05) is 0 Å². The fraction of sp³-hybridized carbons (Fsp3) is 0.111. The first-order valence-electron chi connectivity index (χ1n) is 15.2. The van der Waals surface area contributed by atoms with E-state index in [1.54, 1.807) is 6.92 Å². The van der Waals surface area contributed by atoms with Gasteiger partial charge < -0.3 is 0 Å². The quantitative estimate of drug-likeness (QED) is 0.222. The van der Waals surface area contributed by atoms with Crippen molar-refractivity contribution in [2.24, 2.45) is 0 Å². The van der Waals surface area contributed by atoms with Crippen molar-refractivity contribution in [2.45, 2.75) is 26.6 Å². The normalized spacial score (nSPS) is 13.3. The zero-order valence-corrected chi connectivity index (χ0v) is 23.3. The van der Waals surface area contributed by atoms with Gasteiger partial charge in [0, 0.05) is 2.74 Å². The average Bonchev–Trinajstić information content (AvgIpc) is 3.74. The number of fused-ring (bicyclic) bond motifs is 10. The van der Waals surface area contributed by atoms with Crippen molar-refractivity contribution in [3.05, 3.63) is 120 Å². The van der Waals surface area contributed by atoms with Gasteiger partial charge in [-0.15, -0.1) is 0 Å². The maximum absolute atomic E-state index is 8.22. The Morgan fingerprint density at radius 3 is 1.69 bits per heavy atom. The molecule has 4 aromatic heterocycles. The molecule has 0 atom stereocenters. The second-order valence-electron chi connectivity index (χ2n) is 10.9. The van der Waals surface area contributed by atoms with Gasteiger partial charge in [-0.2, -0.15) is 0 Å². The maximum atomic E-state index is 8.22. The minimum absolute atomic E-state index is 0.298. The molecule has 6 heteroatoms. The summed E-state index contributed by atoms with van der Waals surface area (Å²) in [6.07, 6.45) is -1.04. The van der Waals surface area contributed by atoms with Crippen molar-refractivity contribution in [3.8, 4) is 11.4 Å². The van der Waals surface area contributed by atoms with Crippen LogP contribution in [0.5, 0.6) is 0 Å². The van der Waals surface area contributed by atoms with Crippen LogP contribution in [0.4, 0.5) is 0 Å². The Morgan fingerprint density at radius 1 is 0.571 bits per heavy atom. The van der Waals surface area contributed by atoms with Gasteiger partial charge in [-0.3, -0.25) is 17.9 Å². The summed E-state index contributed by atoms with van der Waals surface area (Å²) in [5.41, 5.74) is 12.3. The number of aromatic nitrogens is 6. The van der Waals surface area contributed by atoms with E-state index in [2.05, 4.69) is 122 Å². The summed E-state index contributed by atoms with van der Waals surface area (Å²) in [5, 5.41) is 0. The molecule has 0 aliphatic rings. The van der Waals surface area contributed by atoms with E-state index in [0.717, 1.165) is 78.2 Å². The highest BCUT2D eigenvalue weighted by Gasteiger charge is 2.21. The monoisotopic (exact) mass is 546 g/mol. The molecule has 0 saturated carbocycles. The van der Waals surface area contributed by atoms with Crippen LogP contribution in [0, 0.1) is 6.92 Å². The van der Waals surface area contributed by atoms with E-state index in [-0.39, 0.29) is 0 Å². The van der Waals surface area contributed by atoms with Gasteiger partial charge >= 0.3 is 0 Å². The third-order valence-electron chi connectivity index (χ3n) is 8.46. The molecule has 0 unspecified atom stereocenters. The lowest BCUT2D eigenvalue weighted by atomic mass is 10.1. The zero-order valence-electron chi connectivity index (χ0n) is 25.3. The number of imidazole rings is 4. The summed E-state index contributed by atoms with van der Waals surface area (Å²) in [4.78, 5) is 10.3. The maximum Gasteiger partial charge on any atom is 0.220 e. The van der Waals surface area contributed by atoms with Crippen molar-refractivity contribution < 1.29 is 2.74 Å². The topological polar surface area (TPSA) is 44.5 Å². The van der Waals surface area contributed by atoms with Crippen LogP contribution in [0.15, 0.2) is 109 Å². The first-order chi connectivity index (χ1) is 21.4. The fourth-order valence-corrected chi connectivity index (χ4v) is 6.66. The van der Waals surface area contributed by atoms with Crippen LogP contribution >= 0.6 is 0 Å². The average molecular weight is 547 g/mol. The lowest BCUT2D eigenvalue weighted by Gasteiger charge is -2.10. The minimum atomic E-state index is -1.34. The van der Waals surface area contributed by atoms with Crippen LogP contribution < -0.4 is 0 Å².